The molecule has 172 valence electrons. The van der Waals surface area contributed by atoms with Gasteiger partial charge in [-0.1, -0.05) is 0 Å². The van der Waals surface area contributed by atoms with Crippen molar-refractivity contribution in [1.29, 1.82) is 0 Å². The number of carbonyl (C=O) groups excluding carboxylic acids is 2. The summed E-state index contributed by atoms with van der Waals surface area (Å²) in [6.07, 6.45) is 4.95. The van der Waals surface area contributed by atoms with E-state index in [-0.39, 0.29) is 17.6 Å². The lowest BCUT2D eigenvalue weighted by Crippen LogP contribution is -2.45. The molecule has 0 saturated heterocycles. The summed E-state index contributed by atoms with van der Waals surface area (Å²) in [6, 6.07) is 2.30. The van der Waals surface area contributed by atoms with Crippen LogP contribution in [0, 0.1) is 12.7 Å². The van der Waals surface area contributed by atoms with Crippen molar-refractivity contribution in [2.75, 3.05) is 29.2 Å². The molecule has 9 nitrogen and oxygen atoms in total. The van der Waals surface area contributed by atoms with E-state index in [2.05, 4.69) is 15.3 Å². The zero-order chi connectivity index (χ0) is 23.6. The Morgan fingerprint density at radius 2 is 2.12 bits per heavy atom. The first kappa shape index (κ1) is 23.4. The Morgan fingerprint density at radius 1 is 1.41 bits per heavy atom. The predicted octanol–water partition coefficient (Wildman–Crippen LogP) is 2.49. The summed E-state index contributed by atoms with van der Waals surface area (Å²) in [4.78, 5) is 35.7. The Hall–Kier alpha value is -3.27. The number of rotatable bonds is 7. The van der Waals surface area contributed by atoms with Crippen LogP contribution in [0.5, 0.6) is 0 Å². The Labute approximate surface area is 186 Å². The number of nitrogens with two attached hydrogens (primary N) is 1. The van der Waals surface area contributed by atoms with Crippen LogP contribution in [0.1, 0.15) is 48.5 Å². The van der Waals surface area contributed by atoms with Gasteiger partial charge in [0, 0.05) is 25.8 Å². The minimum absolute atomic E-state index is 0.161. The molecule has 1 saturated carbocycles. The quantitative estimate of drug-likeness (QED) is 0.560. The van der Waals surface area contributed by atoms with Gasteiger partial charge in [0.2, 0.25) is 12.4 Å². The molecule has 1 aromatic carbocycles. The summed E-state index contributed by atoms with van der Waals surface area (Å²) < 4.78 is 14.3. The molecule has 0 radical (unpaired) electrons. The number of hydrogen-bond donors (Lipinski definition) is 3. The third-order valence-electron chi connectivity index (χ3n) is 5.74. The highest BCUT2D eigenvalue weighted by Crippen LogP contribution is 2.35. The Morgan fingerprint density at radius 3 is 2.72 bits per heavy atom. The molecule has 32 heavy (non-hydrogen) atoms. The average molecular weight is 445 g/mol. The van der Waals surface area contributed by atoms with Crippen molar-refractivity contribution < 1.29 is 19.1 Å². The third-order valence-corrected chi connectivity index (χ3v) is 5.74. The summed E-state index contributed by atoms with van der Waals surface area (Å²) in [6.45, 7) is 3.47. The van der Waals surface area contributed by atoms with E-state index >= 15 is 0 Å². The topological polar surface area (TPSA) is 125 Å². The van der Waals surface area contributed by atoms with Crippen LogP contribution in [0.4, 0.5) is 27.5 Å². The van der Waals surface area contributed by atoms with Crippen LogP contribution in [0.15, 0.2) is 18.3 Å². The fourth-order valence-corrected chi connectivity index (χ4v) is 4.03. The Bertz CT molecular complexity index is 1030. The highest BCUT2D eigenvalue weighted by atomic mass is 19.1. The first-order chi connectivity index (χ1) is 15.0. The maximum Gasteiger partial charge on any atom is 0.251 e. The molecule has 0 spiro atoms. The standard InChI is InChI=1S/C22H29FN6O3/c1-13-8-15(19(24)31)16(23)9-17(13)26-21-25-11-18(28(3)4)20(27-21)29(12-30)14-6-5-7-22(2,32)10-14/h8-9,11-12,14,32H,5-7,10H2,1-4H3,(H2,24,31)(H,25,26,27). The number of aliphatic hydroxyl groups is 1. The molecule has 0 bridgehead atoms. The molecule has 1 aliphatic carbocycles. The summed E-state index contributed by atoms with van der Waals surface area (Å²) in [7, 11) is 3.63. The molecule has 10 heteroatoms. The molecule has 2 atom stereocenters. The van der Waals surface area contributed by atoms with Gasteiger partial charge >= 0.3 is 0 Å². The highest BCUT2D eigenvalue weighted by molar-refractivity contribution is 5.94. The average Bonchev–Trinajstić information content (AvgIpc) is 2.70. The first-order valence-electron chi connectivity index (χ1n) is 10.4. The predicted molar refractivity (Wildman–Crippen MR) is 121 cm³/mol. The van der Waals surface area contributed by atoms with Gasteiger partial charge in [-0.15, -0.1) is 0 Å². The van der Waals surface area contributed by atoms with Crippen LogP contribution in [0.25, 0.3) is 0 Å². The number of nitrogens with zero attached hydrogens (tertiary/aromatic N) is 4. The van der Waals surface area contributed by atoms with Gasteiger partial charge in [-0.3, -0.25) is 14.5 Å². The molecule has 0 aliphatic heterocycles. The van der Waals surface area contributed by atoms with Crippen molar-refractivity contribution in [3.05, 3.63) is 35.3 Å². The molecule has 2 amide bonds. The van der Waals surface area contributed by atoms with Crippen LogP contribution in [0.2, 0.25) is 0 Å². The van der Waals surface area contributed by atoms with E-state index in [1.165, 1.54) is 11.0 Å². The first-order valence-corrected chi connectivity index (χ1v) is 10.4. The van der Waals surface area contributed by atoms with Gasteiger partial charge in [-0.2, -0.15) is 4.98 Å². The van der Waals surface area contributed by atoms with Crippen molar-refractivity contribution in [2.24, 2.45) is 5.73 Å². The number of carbonyl (C=O) groups is 2. The monoisotopic (exact) mass is 444 g/mol. The van der Waals surface area contributed by atoms with Gasteiger partial charge in [0.15, 0.2) is 5.82 Å². The zero-order valence-corrected chi connectivity index (χ0v) is 18.7. The van der Waals surface area contributed by atoms with Crippen molar-refractivity contribution >= 4 is 35.5 Å². The van der Waals surface area contributed by atoms with E-state index in [1.807, 2.05) is 14.1 Å². The molecule has 1 aromatic heterocycles. The van der Waals surface area contributed by atoms with Gasteiger partial charge in [-0.05, 0) is 57.2 Å². The van der Waals surface area contributed by atoms with E-state index < -0.39 is 17.3 Å². The molecular formula is C22H29FN6O3. The van der Waals surface area contributed by atoms with Gasteiger partial charge in [0.05, 0.1) is 23.0 Å². The lowest BCUT2D eigenvalue weighted by molar-refractivity contribution is -0.108. The maximum atomic E-state index is 14.3. The molecule has 2 unspecified atom stereocenters. The normalized spacial score (nSPS) is 20.5. The molecule has 2 aromatic rings. The number of aromatic nitrogens is 2. The van der Waals surface area contributed by atoms with Gasteiger partial charge in [0.25, 0.3) is 5.91 Å². The van der Waals surface area contributed by atoms with E-state index in [0.717, 1.165) is 25.3 Å². The molecule has 3 rings (SSSR count). The van der Waals surface area contributed by atoms with Crippen LogP contribution in [-0.2, 0) is 4.79 Å². The minimum Gasteiger partial charge on any atom is -0.390 e. The SMILES string of the molecule is Cc1cc(C(N)=O)c(F)cc1Nc1ncc(N(C)C)c(N(C=O)C2CCCC(C)(O)C2)n1. The van der Waals surface area contributed by atoms with Crippen LogP contribution < -0.4 is 20.9 Å². The maximum absolute atomic E-state index is 14.3. The summed E-state index contributed by atoms with van der Waals surface area (Å²) in [5.41, 5.74) is 5.73. The zero-order valence-electron chi connectivity index (χ0n) is 18.7. The van der Waals surface area contributed by atoms with Gasteiger partial charge in [-0.25, -0.2) is 9.37 Å². The second-order valence-electron chi connectivity index (χ2n) is 8.69. The number of benzene rings is 1. The van der Waals surface area contributed by atoms with Crippen LogP contribution in [-0.4, -0.2) is 53.1 Å². The molecule has 1 aliphatic rings. The van der Waals surface area contributed by atoms with E-state index in [1.54, 1.807) is 24.9 Å². The second kappa shape index (κ2) is 9.07. The minimum atomic E-state index is -0.854. The fourth-order valence-electron chi connectivity index (χ4n) is 4.03. The van der Waals surface area contributed by atoms with E-state index in [4.69, 9.17) is 5.73 Å². The lowest BCUT2D eigenvalue weighted by Gasteiger charge is -2.39. The van der Waals surface area contributed by atoms with Crippen molar-refractivity contribution in [3.8, 4) is 0 Å². The van der Waals surface area contributed by atoms with Crippen molar-refractivity contribution in [2.45, 2.75) is 51.2 Å². The number of hydrogen-bond acceptors (Lipinski definition) is 7. The van der Waals surface area contributed by atoms with Gasteiger partial charge < -0.3 is 21.1 Å². The van der Waals surface area contributed by atoms with Crippen molar-refractivity contribution in [1.82, 2.24) is 9.97 Å². The second-order valence-corrected chi connectivity index (χ2v) is 8.69. The Balaban J connectivity index is 1.98. The largest absolute Gasteiger partial charge is 0.390 e. The summed E-state index contributed by atoms with van der Waals surface area (Å²) in [5, 5.41) is 13.5. The van der Waals surface area contributed by atoms with E-state index in [9.17, 15) is 19.1 Å². The van der Waals surface area contributed by atoms with Gasteiger partial charge in [0.1, 0.15) is 5.82 Å². The number of anilines is 4. The number of primary amides is 1. The number of aryl methyl sites for hydroxylation is 1. The molecule has 1 heterocycles. The van der Waals surface area contributed by atoms with Crippen LogP contribution in [0.3, 0.4) is 0 Å². The number of halogens is 1. The summed E-state index contributed by atoms with van der Waals surface area (Å²) >= 11 is 0. The number of nitrogens with one attached hydrogen (secondary N) is 1. The smallest absolute Gasteiger partial charge is 0.251 e. The Kier molecular flexibility index (Phi) is 6.63. The lowest BCUT2D eigenvalue weighted by atomic mass is 9.82. The number of amides is 2. The van der Waals surface area contributed by atoms with Crippen LogP contribution >= 0.6 is 0 Å². The van der Waals surface area contributed by atoms with E-state index in [0.29, 0.717) is 35.6 Å². The highest BCUT2D eigenvalue weighted by Gasteiger charge is 2.35. The summed E-state index contributed by atoms with van der Waals surface area (Å²) in [5.74, 6) is -1.06. The van der Waals surface area contributed by atoms with Crippen molar-refractivity contribution in [3.63, 3.8) is 0 Å². The molecule has 4 N–H and O–H groups in total. The molecule has 1 fully saturated rings. The third kappa shape index (κ3) is 4.96. The molecular weight excluding hydrogens is 415 g/mol. The fraction of sp³-hybridized carbons (Fsp3) is 0.455.